The summed E-state index contributed by atoms with van der Waals surface area (Å²) in [4.78, 5) is 54.2. The van der Waals surface area contributed by atoms with Gasteiger partial charge in [0.15, 0.2) is 0 Å². The molecule has 1 fully saturated rings. The normalized spacial score (nSPS) is 16.9. The molecule has 10 heteroatoms. The van der Waals surface area contributed by atoms with Crippen LogP contribution in [0, 0.1) is 10.1 Å². The number of aliphatic hydroxyl groups excluding tert-OH is 1. The Labute approximate surface area is 205 Å². The van der Waals surface area contributed by atoms with E-state index in [4.69, 9.17) is 4.74 Å². The van der Waals surface area contributed by atoms with Gasteiger partial charge >= 0.3 is 5.97 Å². The van der Waals surface area contributed by atoms with E-state index >= 15 is 0 Å². The molecule has 1 atom stereocenters. The molecule has 0 radical (unpaired) electrons. The lowest BCUT2D eigenvalue weighted by Gasteiger charge is -2.25. The molecular formula is C26H21N3O7. The third-order valence-corrected chi connectivity index (χ3v) is 5.52. The lowest BCUT2D eigenvalue weighted by atomic mass is 9.96. The number of aliphatic hydroxyl groups is 1. The van der Waals surface area contributed by atoms with E-state index in [-0.39, 0.29) is 28.5 Å². The highest BCUT2D eigenvalue weighted by molar-refractivity contribution is 6.51. The number of hydrogen-bond acceptors (Lipinski definition) is 8. The van der Waals surface area contributed by atoms with Gasteiger partial charge in [-0.2, -0.15) is 0 Å². The molecule has 2 heterocycles. The smallest absolute Gasteiger partial charge is 0.338 e. The van der Waals surface area contributed by atoms with Gasteiger partial charge in [0.25, 0.3) is 17.4 Å². The summed E-state index contributed by atoms with van der Waals surface area (Å²) >= 11 is 0. The molecule has 10 nitrogen and oxygen atoms in total. The van der Waals surface area contributed by atoms with Crippen molar-refractivity contribution in [1.82, 2.24) is 4.98 Å². The van der Waals surface area contributed by atoms with Gasteiger partial charge < -0.3 is 9.84 Å². The van der Waals surface area contributed by atoms with Crippen LogP contribution >= 0.6 is 0 Å². The topological polar surface area (TPSA) is 140 Å². The molecule has 0 spiro atoms. The Bertz CT molecular complexity index is 1360. The second kappa shape index (κ2) is 9.79. The summed E-state index contributed by atoms with van der Waals surface area (Å²) in [5, 5.41) is 22.0. The Balaban J connectivity index is 1.81. The van der Waals surface area contributed by atoms with Crippen LogP contribution in [-0.4, -0.2) is 38.8 Å². The number of aromatic nitrogens is 1. The van der Waals surface area contributed by atoms with Crippen LogP contribution < -0.4 is 4.90 Å². The molecule has 1 saturated heterocycles. The van der Waals surface area contributed by atoms with Crippen molar-refractivity contribution in [3.05, 3.63) is 105 Å². The van der Waals surface area contributed by atoms with Gasteiger partial charge in [-0.05, 0) is 61.9 Å². The molecule has 1 amide bonds. The van der Waals surface area contributed by atoms with Gasteiger partial charge in [-0.3, -0.25) is 29.6 Å². The van der Waals surface area contributed by atoms with Crippen molar-refractivity contribution in [2.45, 2.75) is 26.0 Å². The largest absolute Gasteiger partial charge is 0.507 e. The van der Waals surface area contributed by atoms with Crippen LogP contribution in [0.4, 0.5) is 11.4 Å². The molecule has 3 aromatic rings. The third kappa shape index (κ3) is 4.56. The predicted molar refractivity (Wildman–Crippen MR) is 129 cm³/mol. The van der Waals surface area contributed by atoms with E-state index in [0.717, 1.165) is 0 Å². The number of hydrogen-bond donors (Lipinski definition) is 1. The van der Waals surface area contributed by atoms with Crippen LogP contribution in [0.3, 0.4) is 0 Å². The summed E-state index contributed by atoms with van der Waals surface area (Å²) in [6.07, 6.45) is 2.70. The fourth-order valence-corrected chi connectivity index (χ4v) is 3.89. The van der Waals surface area contributed by atoms with E-state index in [9.17, 15) is 29.6 Å². The number of amides is 1. The number of benzene rings is 2. The first kappa shape index (κ1) is 24.3. The second-order valence-corrected chi connectivity index (χ2v) is 8.26. The van der Waals surface area contributed by atoms with Gasteiger partial charge in [0, 0.05) is 35.8 Å². The zero-order valence-electron chi connectivity index (χ0n) is 19.3. The van der Waals surface area contributed by atoms with Crippen molar-refractivity contribution in [2.75, 3.05) is 4.90 Å². The van der Waals surface area contributed by atoms with E-state index in [1.54, 1.807) is 26.0 Å². The van der Waals surface area contributed by atoms with E-state index in [0.29, 0.717) is 11.3 Å². The van der Waals surface area contributed by atoms with Gasteiger partial charge in [0.1, 0.15) is 5.76 Å². The molecular weight excluding hydrogens is 466 g/mol. The molecule has 0 aliphatic carbocycles. The molecule has 0 saturated carbocycles. The summed E-state index contributed by atoms with van der Waals surface area (Å²) in [6.45, 7) is 3.45. The average molecular weight is 487 g/mol. The van der Waals surface area contributed by atoms with E-state index in [1.165, 1.54) is 65.8 Å². The number of carbonyl (C=O) groups is 3. The first-order chi connectivity index (χ1) is 17.2. The zero-order valence-corrected chi connectivity index (χ0v) is 19.3. The van der Waals surface area contributed by atoms with Crippen molar-refractivity contribution >= 4 is 34.8 Å². The van der Waals surface area contributed by atoms with Crippen LogP contribution in [-0.2, 0) is 14.3 Å². The van der Waals surface area contributed by atoms with Gasteiger partial charge in [-0.1, -0.05) is 6.07 Å². The number of nitro groups is 1. The lowest BCUT2D eigenvalue weighted by Crippen LogP contribution is -2.29. The van der Waals surface area contributed by atoms with Gasteiger partial charge in [0.2, 0.25) is 0 Å². The molecule has 1 aromatic heterocycles. The minimum atomic E-state index is -1.03. The Kier molecular flexibility index (Phi) is 6.60. The maximum absolute atomic E-state index is 13.2. The summed E-state index contributed by atoms with van der Waals surface area (Å²) in [6, 6.07) is 13.2. The SMILES string of the molecule is CC(C)OC(=O)c1ccc(N2C(=O)C(=O)/C(=C(\O)c3ccc([N+](=O)[O-])cc3)C2c2cccnc2)cc1. The number of carbonyl (C=O) groups excluding carboxylic acids is 3. The number of pyridine rings is 1. The zero-order chi connectivity index (χ0) is 26.0. The number of nitrogens with zero attached hydrogens (tertiary/aromatic N) is 3. The molecule has 1 unspecified atom stereocenters. The molecule has 1 N–H and O–H groups in total. The van der Waals surface area contributed by atoms with Crippen molar-refractivity contribution < 1.29 is 29.2 Å². The minimum absolute atomic E-state index is 0.138. The summed E-state index contributed by atoms with van der Waals surface area (Å²) in [7, 11) is 0. The molecule has 0 bridgehead atoms. The molecule has 182 valence electrons. The van der Waals surface area contributed by atoms with E-state index in [2.05, 4.69) is 4.98 Å². The maximum atomic E-state index is 13.2. The Morgan fingerprint density at radius 1 is 1.06 bits per heavy atom. The van der Waals surface area contributed by atoms with Crippen LogP contribution in [0.2, 0.25) is 0 Å². The second-order valence-electron chi connectivity index (χ2n) is 8.26. The third-order valence-electron chi connectivity index (χ3n) is 5.52. The highest BCUT2D eigenvalue weighted by atomic mass is 16.6. The first-order valence-corrected chi connectivity index (χ1v) is 11.0. The number of rotatable bonds is 6. The minimum Gasteiger partial charge on any atom is -0.507 e. The van der Waals surface area contributed by atoms with E-state index < -0.39 is 34.4 Å². The number of Topliss-reactive ketones (excluding diaryl/α,β-unsaturated/α-hetero) is 1. The standard InChI is InChI=1S/C26H21N3O7/c1-15(2)36-26(33)17-7-9-19(10-8-17)28-22(18-4-3-13-27-14-18)21(24(31)25(28)32)23(30)16-5-11-20(12-6-16)29(34)35/h3-15,22,30H,1-2H3/b23-21-. The van der Waals surface area contributed by atoms with Crippen molar-refractivity contribution in [2.24, 2.45) is 0 Å². The highest BCUT2D eigenvalue weighted by Gasteiger charge is 2.47. The number of anilines is 1. The number of non-ortho nitro benzene ring substituents is 1. The van der Waals surface area contributed by atoms with Crippen LogP contribution in [0.25, 0.3) is 5.76 Å². The lowest BCUT2D eigenvalue weighted by molar-refractivity contribution is -0.384. The molecule has 2 aromatic carbocycles. The number of ether oxygens (including phenoxy) is 1. The Morgan fingerprint density at radius 3 is 2.25 bits per heavy atom. The van der Waals surface area contributed by atoms with Crippen molar-refractivity contribution in [3.63, 3.8) is 0 Å². The highest BCUT2D eigenvalue weighted by Crippen LogP contribution is 2.42. The average Bonchev–Trinajstić information content (AvgIpc) is 3.14. The van der Waals surface area contributed by atoms with Crippen LogP contribution in [0.1, 0.15) is 41.4 Å². The Hall–Kier alpha value is -4.86. The summed E-state index contributed by atoms with van der Waals surface area (Å²) in [5.74, 6) is -2.81. The molecule has 1 aliphatic heterocycles. The summed E-state index contributed by atoms with van der Waals surface area (Å²) in [5.41, 5.74) is 0.808. The van der Waals surface area contributed by atoms with Crippen LogP contribution in [0.15, 0.2) is 78.6 Å². The summed E-state index contributed by atoms with van der Waals surface area (Å²) < 4.78 is 5.19. The molecule has 36 heavy (non-hydrogen) atoms. The maximum Gasteiger partial charge on any atom is 0.338 e. The van der Waals surface area contributed by atoms with Gasteiger partial charge in [0.05, 0.1) is 28.2 Å². The predicted octanol–water partition coefficient (Wildman–Crippen LogP) is 4.18. The Morgan fingerprint density at radius 2 is 1.69 bits per heavy atom. The van der Waals surface area contributed by atoms with Gasteiger partial charge in [-0.15, -0.1) is 0 Å². The number of ketones is 1. The van der Waals surface area contributed by atoms with Gasteiger partial charge in [-0.25, -0.2) is 4.79 Å². The quantitative estimate of drug-likeness (QED) is 0.136. The number of esters is 1. The van der Waals surface area contributed by atoms with Crippen LogP contribution in [0.5, 0.6) is 0 Å². The van der Waals surface area contributed by atoms with Crippen molar-refractivity contribution in [1.29, 1.82) is 0 Å². The first-order valence-electron chi connectivity index (χ1n) is 11.0. The fourth-order valence-electron chi connectivity index (χ4n) is 3.89. The van der Waals surface area contributed by atoms with Crippen molar-refractivity contribution in [3.8, 4) is 0 Å². The fraction of sp³-hybridized carbons (Fsp3) is 0.154. The van der Waals surface area contributed by atoms with E-state index in [1.807, 2.05) is 0 Å². The monoisotopic (exact) mass is 487 g/mol. The number of nitro benzene ring substituents is 1. The molecule has 1 aliphatic rings. The molecule has 4 rings (SSSR count).